The zero-order valence-electron chi connectivity index (χ0n) is 42.8. The van der Waals surface area contributed by atoms with Gasteiger partial charge in [0.1, 0.15) is 12.7 Å². The lowest BCUT2D eigenvalue weighted by molar-refractivity contribution is 0.937. The van der Waals surface area contributed by atoms with Crippen LogP contribution in [0.2, 0.25) is 0 Å². The Kier molecular flexibility index (Phi) is 11.0. The first-order valence-electron chi connectivity index (χ1n) is 26.9. The van der Waals surface area contributed by atoms with Crippen LogP contribution < -0.4 is 0 Å². The maximum Gasteiger partial charge on any atom is 0.115 e. The Hall–Kier alpha value is -10.0. The molecule has 0 saturated heterocycles. The van der Waals surface area contributed by atoms with Gasteiger partial charge in [-0.3, -0.25) is 0 Å². The molecule has 0 atom stereocenters. The van der Waals surface area contributed by atoms with Gasteiger partial charge >= 0.3 is 0 Å². The topological polar surface area (TPSA) is 61.4 Å². The molecule has 4 aromatic heterocycles. The van der Waals surface area contributed by atoms with E-state index in [4.69, 9.17) is 0 Å². The second kappa shape index (κ2) is 19.0. The normalized spacial score (nSPS) is 12.4. The summed E-state index contributed by atoms with van der Waals surface area (Å²) in [5.74, 6) is 0. The van der Waals surface area contributed by atoms with Crippen molar-refractivity contribution in [2.45, 2.75) is 25.7 Å². The van der Waals surface area contributed by atoms with E-state index in [0.717, 1.165) is 70.3 Å². The molecule has 4 bridgehead atoms. The quantitative estimate of drug-likeness (QED) is 0.152. The number of rotatable bonds is 8. The summed E-state index contributed by atoms with van der Waals surface area (Å²) in [6, 6.07) is 81.1. The molecule has 0 unspecified atom stereocenters. The van der Waals surface area contributed by atoms with Crippen LogP contribution >= 0.6 is 0 Å². The van der Waals surface area contributed by atoms with Crippen molar-refractivity contribution in [1.82, 2.24) is 29.1 Å². The van der Waals surface area contributed by atoms with E-state index in [9.17, 15) is 0 Å². The standard InChI is InChI=1S/C72H50N6/c1-5-13-47(14-6-1)57-33-58(48-15-7-2-8-16-48)36-63(35-57)77-67-39-55(61-41-73-45-74-42-61)29-31-65(67)69-51-21-25-53(71(69)77)27-23-52-22-26-54(28-24-51)72-70(52)66-32-30-56(62-43-75-46-76-44-62)40-68(66)78(72)64-37-59(49-17-9-3-10-18-49)34-60(38-64)50-19-11-4-12-20-50/h1-22,25-26,29-46H,23-24,27-28H2. The van der Waals surface area contributed by atoms with E-state index in [-0.39, 0.29) is 0 Å². The predicted octanol–water partition coefficient (Wildman–Crippen LogP) is 17.3. The number of nitrogens with zero attached hydrogens (tertiary/aromatic N) is 6. The molecule has 16 rings (SSSR count). The van der Waals surface area contributed by atoms with Crippen LogP contribution in [0, 0.1) is 0 Å². The van der Waals surface area contributed by atoms with Crippen LogP contribution in [0.3, 0.4) is 0 Å². The number of benzene rings is 10. The third-order valence-electron chi connectivity index (χ3n) is 16.1. The first-order chi connectivity index (χ1) is 38.7. The second-order valence-electron chi connectivity index (χ2n) is 20.6. The second-order valence-corrected chi connectivity index (χ2v) is 20.6. The SMILES string of the molecule is c1ccc(-c2cc(-c3ccccc3)cc(-n3c4cc(-c5cncnc5)ccc4c4c5ccc(c43)CCc3ccc(c4c3c3ccc(-c6cncnc6)cc3n4-c3cc(-c4ccccc4)cc(-c4ccccc4)c3)CC5)c2)cc1. The van der Waals surface area contributed by atoms with Crippen molar-refractivity contribution >= 4 is 43.6 Å². The Bertz CT molecular complexity index is 4160. The molecular weight excluding hydrogens is 949 g/mol. The van der Waals surface area contributed by atoms with Gasteiger partial charge in [-0.05, 0) is 152 Å². The van der Waals surface area contributed by atoms with Gasteiger partial charge in [0.25, 0.3) is 0 Å². The molecule has 0 aliphatic heterocycles. The Balaban J connectivity index is 0.984. The summed E-state index contributed by atoms with van der Waals surface area (Å²) in [5, 5.41) is 5.11. The minimum absolute atomic E-state index is 0.832. The molecule has 14 aromatic rings. The van der Waals surface area contributed by atoms with E-state index < -0.39 is 0 Å². The molecule has 78 heavy (non-hydrogen) atoms. The van der Waals surface area contributed by atoms with Gasteiger partial charge in [-0.25, -0.2) is 19.9 Å². The number of fused-ring (bicyclic) bond motifs is 7. The van der Waals surface area contributed by atoms with Crippen molar-refractivity contribution in [3.8, 4) is 78.1 Å². The van der Waals surface area contributed by atoms with Gasteiger partial charge in [0.2, 0.25) is 0 Å². The maximum absolute atomic E-state index is 4.45. The van der Waals surface area contributed by atoms with Crippen molar-refractivity contribution in [2.75, 3.05) is 0 Å². The largest absolute Gasteiger partial charge is 0.309 e. The lowest BCUT2D eigenvalue weighted by Crippen LogP contribution is -2.05. The Morgan fingerprint density at radius 1 is 0.256 bits per heavy atom. The fraction of sp³-hybridized carbons (Fsp3) is 0.0556. The maximum atomic E-state index is 4.45. The van der Waals surface area contributed by atoms with E-state index in [1.165, 1.54) is 99.3 Å². The molecule has 2 aliphatic rings. The molecule has 2 aliphatic carbocycles. The third kappa shape index (κ3) is 7.88. The van der Waals surface area contributed by atoms with Gasteiger partial charge in [0.15, 0.2) is 0 Å². The summed E-state index contributed by atoms with van der Waals surface area (Å²) >= 11 is 0. The number of aryl methyl sites for hydroxylation is 4. The van der Waals surface area contributed by atoms with E-state index in [1.807, 2.05) is 24.8 Å². The minimum atomic E-state index is 0.832. The smallest absolute Gasteiger partial charge is 0.115 e. The van der Waals surface area contributed by atoms with Crippen LogP contribution in [0.15, 0.2) is 256 Å². The van der Waals surface area contributed by atoms with Crippen molar-refractivity contribution in [3.05, 3.63) is 278 Å². The van der Waals surface area contributed by atoms with Gasteiger partial charge in [0, 0.05) is 68.8 Å². The van der Waals surface area contributed by atoms with Gasteiger partial charge in [-0.2, -0.15) is 0 Å². The number of hydrogen-bond donors (Lipinski definition) is 0. The lowest BCUT2D eigenvalue weighted by atomic mass is 9.90. The fourth-order valence-corrected chi connectivity index (χ4v) is 12.4. The highest BCUT2D eigenvalue weighted by Crippen LogP contribution is 2.45. The number of hydrogen-bond acceptors (Lipinski definition) is 4. The van der Waals surface area contributed by atoms with Crippen LogP contribution in [0.4, 0.5) is 0 Å². The average Bonchev–Trinajstić information content (AvgIpc) is 4.12. The highest BCUT2D eigenvalue weighted by molar-refractivity contribution is 6.15. The molecular formula is C72H50N6. The summed E-state index contributed by atoms with van der Waals surface area (Å²) in [5.41, 5.74) is 26.0. The highest BCUT2D eigenvalue weighted by atomic mass is 15.0. The van der Waals surface area contributed by atoms with Crippen molar-refractivity contribution in [2.24, 2.45) is 0 Å². The van der Waals surface area contributed by atoms with E-state index in [1.54, 1.807) is 12.7 Å². The van der Waals surface area contributed by atoms with Gasteiger partial charge in [-0.1, -0.05) is 170 Å². The summed E-state index contributed by atoms with van der Waals surface area (Å²) in [4.78, 5) is 17.8. The van der Waals surface area contributed by atoms with Gasteiger partial charge in [-0.15, -0.1) is 0 Å². The Morgan fingerprint density at radius 3 is 0.923 bits per heavy atom. The van der Waals surface area contributed by atoms with Crippen LogP contribution in [0.1, 0.15) is 22.3 Å². The Labute approximate surface area is 452 Å². The van der Waals surface area contributed by atoms with Crippen LogP contribution in [0.25, 0.3) is 122 Å². The predicted molar refractivity (Wildman–Crippen MR) is 320 cm³/mol. The molecule has 0 spiro atoms. The monoisotopic (exact) mass is 998 g/mol. The number of aromatic nitrogens is 6. The molecule has 10 aromatic carbocycles. The molecule has 0 N–H and O–H groups in total. The highest BCUT2D eigenvalue weighted by Gasteiger charge is 2.25. The van der Waals surface area contributed by atoms with Gasteiger partial charge < -0.3 is 9.13 Å². The first-order valence-corrected chi connectivity index (χ1v) is 26.9. The van der Waals surface area contributed by atoms with Crippen LogP contribution in [-0.2, 0) is 25.7 Å². The zero-order chi connectivity index (χ0) is 51.5. The summed E-state index contributed by atoms with van der Waals surface area (Å²) < 4.78 is 5.15. The van der Waals surface area contributed by atoms with Crippen molar-refractivity contribution in [1.29, 1.82) is 0 Å². The molecule has 0 fully saturated rings. The van der Waals surface area contributed by atoms with Crippen molar-refractivity contribution < 1.29 is 0 Å². The van der Waals surface area contributed by atoms with E-state index in [0.29, 0.717) is 0 Å². The molecule has 6 nitrogen and oxygen atoms in total. The van der Waals surface area contributed by atoms with E-state index >= 15 is 0 Å². The Morgan fingerprint density at radius 2 is 0.577 bits per heavy atom. The summed E-state index contributed by atoms with van der Waals surface area (Å²) in [6.07, 6.45) is 14.2. The average molecular weight is 999 g/mol. The lowest BCUT2D eigenvalue weighted by Gasteiger charge is -2.19. The molecule has 6 heteroatoms. The fourth-order valence-electron chi connectivity index (χ4n) is 12.4. The molecule has 0 saturated carbocycles. The zero-order valence-corrected chi connectivity index (χ0v) is 42.8. The van der Waals surface area contributed by atoms with Gasteiger partial charge in [0.05, 0.1) is 22.1 Å². The summed E-state index contributed by atoms with van der Waals surface area (Å²) in [6.45, 7) is 0. The molecule has 368 valence electrons. The van der Waals surface area contributed by atoms with E-state index in [2.05, 4.69) is 247 Å². The van der Waals surface area contributed by atoms with Crippen LogP contribution in [0.5, 0.6) is 0 Å². The summed E-state index contributed by atoms with van der Waals surface area (Å²) in [7, 11) is 0. The van der Waals surface area contributed by atoms with Crippen molar-refractivity contribution in [3.63, 3.8) is 0 Å². The molecule has 0 amide bonds. The molecule has 0 radical (unpaired) electrons. The first kappa shape index (κ1) is 45.4. The van der Waals surface area contributed by atoms with Crippen LogP contribution in [-0.4, -0.2) is 29.1 Å². The third-order valence-corrected chi connectivity index (χ3v) is 16.1. The molecule has 4 heterocycles. The minimum Gasteiger partial charge on any atom is -0.309 e.